The van der Waals surface area contributed by atoms with E-state index in [-0.39, 0.29) is 0 Å². The van der Waals surface area contributed by atoms with Gasteiger partial charge in [-0.2, -0.15) is 0 Å². The first-order chi connectivity index (χ1) is 7.83. The minimum atomic E-state index is 0.427. The summed E-state index contributed by atoms with van der Waals surface area (Å²) in [6.45, 7) is 1.95. The fourth-order valence-electron chi connectivity index (χ4n) is 3.30. The van der Waals surface area contributed by atoms with Crippen LogP contribution < -0.4 is 5.73 Å². The summed E-state index contributed by atoms with van der Waals surface area (Å²) in [5, 5.41) is 0. The molecular weight excluding hydrogens is 202 g/mol. The third-order valence-electron chi connectivity index (χ3n) is 4.42. The van der Waals surface area contributed by atoms with Crippen molar-refractivity contribution < 1.29 is 9.47 Å². The summed E-state index contributed by atoms with van der Waals surface area (Å²) in [5.74, 6) is 1.47. The summed E-state index contributed by atoms with van der Waals surface area (Å²) < 4.78 is 10.8. The number of hydrogen-bond acceptors (Lipinski definition) is 3. The molecule has 0 spiro atoms. The highest BCUT2D eigenvalue weighted by Crippen LogP contribution is 2.38. The zero-order valence-corrected chi connectivity index (χ0v) is 9.94. The van der Waals surface area contributed by atoms with Crippen LogP contribution in [0.4, 0.5) is 0 Å². The van der Waals surface area contributed by atoms with Gasteiger partial charge < -0.3 is 15.2 Å². The molecule has 0 bridgehead atoms. The van der Waals surface area contributed by atoms with E-state index >= 15 is 0 Å². The molecule has 0 aromatic heterocycles. The molecule has 2 N–H and O–H groups in total. The Kier molecular flexibility index (Phi) is 3.18. The maximum Gasteiger partial charge on any atom is 0.0812 e. The quantitative estimate of drug-likeness (QED) is 0.724. The van der Waals surface area contributed by atoms with Crippen LogP contribution in [0.1, 0.15) is 38.5 Å². The van der Waals surface area contributed by atoms with Crippen molar-refractivity contribution in [2.45, 2.75) is 56.8 Å². The Morgan fingerprint density at radius 3 is 2.06 bits per heavy atom. The van der Waals surface area contributed by atoms with Crippen molar-refractivity contribution in [2.75, 3.05) is 13.2 Å². The zero-order valence-electron chi connectivity index (χ0n) is 9.94. The highest BCUT2D eigenvalue weighted by atomic mass is 16.6. The molecule has 3 heteroatoms. The van der Waals surface area contributed by atoms with Crippen LogP contribution in [0.2, 0.25) is 0 Å². The van der Waals surface area contributed by atoms with E-state index in [1.54, 1.807) is 0 Å². The standard InChI is InChI=1S/C13H23NO2/c14-13-4-2-1-3-12(13)9(5-10-7-15-10)6-11-8-16-11/h9-13H,1-8,14H2. The van der Waals surface area contributed by atoms with Gasteiger partial charge in [0.25, 0.3) is 0 Å². The molecule has 3 rings (SSSR count). The fourth-order valence-corrected chi connectivity index (χ4v) is 3.30. The average molecular weight is 225 g/mol. The molecule has 92 valence electrons. The van der Waals surface area contributed by atoms with E-state index in [1.807, 2.05) is 0 Å². The molecule has 1 aliphatic carbocycles. The zero-order chi connectivity index (χ0) is 11.0. The number of ether oxygens (including phenoxy) is 2. The molecule has 0 aromatic carbocycles. The summed E-state index contributed by atoms with van der Waals surface area (Å²) in [4.78, 5) is 0. The van der Waals surface area contributed by atoms with E-state index in [1.165, 1.54) is 38.5 Å². The highest BCUT2D eigenvalue weighted by molar-refractivity contribution is 4.89. The first kappa shape index (κ1) is 11.0. The lowest BCUT2D eigenvalue weighted by molar-refractivity contribution is 0.171. The molecule has 4 unspecified atom stereocenters. The molecule has 0 aromatic rings. The minimum Gasteiger partial charge on any atom is -0.373 e. The van der Waals surface area contributed by atoms with Gasteiger partial charge in [0, 0.05) is 6.04 Å². The van der Waals surface area contributed by atoms with Crippen LogP contribution in [-0.4, -0.2) is 31.5 Å². The van der Waals surface area contributed by atoms with Gasteiger partial charge in [0.15, 0.2) is 0 Å². The van der Waals surface area contributed by atoms with E-state index < -0.39 is 0 Å². The van der Waals surface area contributed by atoms with Crippen molar-refractivity contribution in [3.8, 4) is 0 Å². The Balaban J connectivity index is 1.59. The summed E-state index contributed by atoms with van der Waals surface area (Å²) in [5.41, 5.74) is 6.29. The Morgan fingerprint density at radius 1 is 1.00 bits per heavy atom. The smallest absolute Gasteiger partial charge is 0.0812 e. The second-order valence-electron chi connectivity index (χ2n) is 5.75. The number of epoxide rings is 2. The van der Waals surface area contributed by atoms with Crippen LogP contribution in [0.15, 0.2) is 0 Å². The van der Waals surface area contributed by atoms with Crippen molar-refractivity contribution in [3.05, 3.63) is 0 Å². The summed E-state index contributed by atoms with van der Waals surface area (Å²) in [7, 11) is 0. The lowest BCUT2D eigenvalue weighted by Gasteiger charge is -2.35. The molecule has 2 heterocycles. The van der Waals surface area contributed by atoms with Gasteiger partial charge in [-0.25, -0.2) is 0 Å². The summed E-state index contributed by atoms with van der Waals surface area (Å²) in [6.07, 6.45) is 8.76. The van der Waals surface area contributed by atoms with Gasteiger partial charge in [0.05, 0.1) is 25.4 Å². The first-order valence-corrected chi connectivity index (χ1v) is 6.81. The van der Waals surface area contributed by atoms with E-state index in [2.05, 4.69) is 0 Å². The Bertz CT molecular complexity index is 224. The van der Waals surface area contributed by atoms with E-state index in [0.29, 0.717) is 18.2 Å². The van der Waals surface area contributed by atoms with Crippen molar-refractivity contribution in [1.29, 1.82) is 0 Å². The van der Waals surface area contributed by atoms with E-state index in [9.17, 15) is 0 Å². The van der Waals surface area contributed by atoms with Crippen LogP contribution in [0.5, 0.6) is 0 Å². The molecule has 3 nitrogen and oxygen atoms in total. The molecule has 1 saturated carbocycles. The number of rotatable bonds is 5. The fraction of sp³-hybridized carbons (Fsp3) is 1.00. The molecule has 2 aliphatic heterocycles. The van der Waals surface area contributed by atoms with Crippen LogP contribution in [-0.2, 0) is 9.47 Å². The molecule has 4 atom stereocenters. The first-order valence-electron chi connectivity index (χ1n) is 6.81. The van der Waals surface area contributed by atoms with Gasteiger partial charge >= 0.3 is 0 Å². The third kappa shape index (κ3) is 2.76. The predicted molar refractivity (Wildman–Crippen MR) is 62.1 cm³/mol. The predicted octanol–water partition coefficient (Wildman–Crippen LogP) is 1.70. The van der Waals surface area contributed by atoms with Gasteiger partial charge in [0.1, 0.15) is 0 Å². The Labute approximate surface area is 97.7 Å². The second-order valence-corrected chi connectivity index (χ2v) is 5.75. The van der Waals surface area contributed by atoms with Crippen molar-refractivity contribution >= 4 is 0 Å². The number of nitrogens with two attached hydrogens (primary N) is 1. The average Bonchev–Trinajstić information content (AvgIpc) is 3.12. The molecule has 3 aliphatic rings. The van der Waals surface area contributed by atoms with Crippen LogP contribution in [0.25, 0.3) is 0 Å². The Morgan fingerprint density at radius 2 is 1.56 bits per heavy atom. The number of hydrogen-bond donors (Lipinski definition) is 1. The molecule has 3 fully saturated rings. The van der Waals surface area contributed by atoms with Crippen LogP contribution >= 0.6 is 0 Å². The van der Waals surface area contributed by atoms with Gasteiger partial charge in [-0.15, -0.1) is 0 Å². The van der Waals surface area contributed by atoms with Gasteiger partial charge in [0.2, 0.25) is 0 Å². The second kappa shape index (κ2) is 4.63. The minimum absolute atomic E-state index is 0.427. The lowest BCUT2D eigenvalue weighted by Crippen LogP contribution is -2.38. The largest absolute Gasteiger partial charge is 0.373 e. The van der Waals surface area contributed by atoms with Gasteiger partial charge in [-0.3, -0.25) is 0 Å². The molecule has 2 saturated heterocycles. The summed E-state index contributed by atoms with van der Waals surface area (Å²) >= 11 is 0. The normalized spacial score (nSPS) is 44.1. The molecule has 16 heavy (non-hydrogen) atoms. The van der Waals surface area contributed by atoms with Crippen LogP contribution in [0, 0.1) is 11.8 Å². The summed E-state index contributed by atoms with van der Waals surface area (Å²) in [6, 6.07) is 0.427. The van der Waals surface area contributed by atoms with Crippen molar-refractivity contribution in [3.63, 3.8) is 0 Å². The van der Waals surface area contributed by atoms with E-state index in [0.717, 1.165) is 25.0 Å². The maximum atomic E-state index is 6.29. The van der Waals surface area contributed by atoms with Crippen molar-refractivity contribution in [1.82, 2.24) is 0 Å². The van der Waals surface area contributed by atoms with Gasteiger partial charge in [-0.05, 0) is 37.5 Å². The SMILES string of the molecule is NC1CCCCC1C(CC1CO1)CC1CO1. The monoisotopic (exact) mass is 225 g/mol. The van der Waals surface area contributed by atoms with E-state index in [4.69, 9.17) is 15.2 Å². The molecular formula is C13H23NO2. The Hall–Kier alpha value is -0.120. The lowest BCUT2D eigenvalue weighted by atomic mass is 9.73. The van der Waals surface area contributed by atoms with Crippen molar-refractivity contribution in [2.24, 2.45) is 17.6 Å². The topological polar surface area (TPSA) is 51.1 Å². The highest BCUT2D eigenvalue weighted by Gasteiger charge is 2.38. The molecule has 0 radical (unpaired) electrons. The maximum absolute atomic E-state index is 6.29. The molecule has 0 amide bonds. The van der Waals surface area contributed by atoms with Crippen LogP contribution in [0.3, 0.4) is 0 Å². The van der Waals surface area contributed by atoms with Gasteiger partial charge in [-0.1, -0.05) is 12.8 Å². The third-order valence-corrected chi connectivity index (χ3v) is 4.42.